The topological polar surface area (TPSA) is 153 Å². The molecule has 1 aromatic heterocycles. The molecular weight excluding hydrogens is 434 g/mol. The predicted molar refractivity (Wildman–Crippen MR) is 119 cm³/mol. The minimum atomic E-state index is -3.91. The number of hydrogen-bond acceptors (Lipinski definition) is 8. The number of rotatable bonds is 7. The highest BCUT2D eigenvalue weighted by Gasteiger charge is 2.17. The summed E-state index contributed by atoms with van der Waals surface area (Å²) in [6.07, 6.45) is 0. The van der Waals surface area contributed by atoms with E-state index in [1.54, 1.807) is 32.0 Å². The molecule has 32 heavy (non-hydrogen) atoms. The number of nitrogens with one attached hydrogen (secondary N) is 2. The van der Waals surface area contributed by atoms with Crippen molar-refractivity contribution < 1.29 is 22.7 Å². The molecule has 0 atom stereocenters. The SMILES string of the molecule is Cc1cc(C)nc(NS(=O)(=O)c2ccc(NC(=O)COC(=O)c3ccc(N)cc3)cc2)n1. The van der Waals surface area contributed by atoms with Crippen molar-refractivity contribution in [2.24, 2.45) is 0 Å². The number of aromatic nitrogens is 2. The van der Waals surface area contributed by atoms with Crippen LogP contribution in [0.2, 0.25) is 0 Å². The number of aryl methyl sites for hydroxylation is 2. The number of hydrogen-bond donors (Lipinski definition) is 3. The number of benzene rings is 2. The van der Waals surface area contributed by atoms with Crippen LogP contribution in [0.5, 0.6) is 0 Å². The average Bonchev–Trinajstić information content (AvgIpc) is 2.72. The Balaban J connectivity index is 1.58. The fraction of sp³-hybridized carbons (Fsp3) is 0.143. The third-order valence-electron chi connectivity index (χ3n) is 4.14. The molecule has 10 nitrogen and oxygen atoms in total. The van der Waals surface area contributed by atoms with Gasteiger partial charge >= 0.3 is 5.97 Å². The third kappa shape index (κ3) is 6.01. The Morgan fingerprint density at radius 1 is 0.969 bits per heavy atom. The zero-order chi connectivity index (χ0) is 23.3. The number of ether oxygens (including phenoxy) is 1. The van der Waals surface area contributed by atoms with Gasteiger partial charge in [0.25, 0.3) is 15.9 Å². The second-order valence-electron chi connectivity index (χ2n) is 6.85. The maximum atomic E-state index is 12.5. The van der Waals surface area contributed by atoms with Crippen LogP contribution >= 0.6 is 0 Å². The summed E-state index contributed by atoms with van der Waals surface area (Å²) < 4.78 is 32.4. The molecule has 1 amide bonds. The van der Waals surface area contributed by atoms with Crippen LogP contribution in [0, 0.1) is 13.8 Å². The number of carbonyl (C=O) groups excluding carboxylic acids is 2. The molecule has 166 valence electrons. The highest BCUT2D eigenvalue weighted by Crippen LogP contribution is 2.17. The summed E-state index contributed by atoms with van der Waals surface area (Å²) in [6.45, 7) is 2.96. The first kappa shape index (κ1) is 22.7. The van der Waals surface area contributed by atoms with Crippen LogP contribution in [0.3, 0.4) is 0 Å². The van der Waals surface area contributed by atoms with Crippen molar-refractivity contribution in [3.63, 3.8) is 0 Å². The van der Waals surface area contributed by atoms with Crippen molar-refractivity contribution in [2.45, 2.75) is 18.7 Å². The Hall–Kier alpha value is -3.99. The van der Waals surface area contributed by atoms with Gasteiger partial charge in [0.2, 0.25) is 5.95 Å². The molecule has 2 aromatic carbocycles. The fourth-order valence-corrected chi connectivity index (χ4v) is 3.64. The molecule has 3 aromatic rings. The minimum Gasteiger partial charge on any atom is -0.452 e. The van der Waals surface area contributed by atoms with Gasteiger partial charge in [0.1, 0.15) is 0 Å². The first-order valence-corrected chi connectivity index (χ1v) is 10.9. The lowest BCUT2D eigenvalue weighted by atomic mass is 10.2. The molecule has 1 heterocycles. The summed E-state index contributed by atoms with van der Waals surface area (Å²) in [5.41, 5.74) is 7.92. The van der Waals surface area contributed by atoms with Crippen LogP contribution in [0.15, 0.2) is 59.5 Å². The quantitative estimate of drug-likeness (QED) is 0.362. The highest BCUT2D eigenvalue weighted by atomic mass is 32.2. The third-order valence-corrected chi connectivity index (χ3v) is 5.48. The molecule has 0 aliphatic rings. The van der Waals surface area contributed by atoms with Crippen molar-refractivity contribution in [3.05, 3.63) is 71.5 Å². The average molecular weight is 455 g/mol. The summed E-state index contributed by atoms with van der Waals surface area (Å²) in [5.74, 6) is -1.27. The maximum Gasteiger partial charge on any atom is 0.338 e. The van der Waals surface area contributed by atoms with E-state index in [2.05, 4.69) is 20.0 Å². The largest absolute Gasteiger partial charge is 0.452 e. The Morgan fingerprint density at radius 3 is 2.16 bits per heavy atom. The number of esters is 1. The van der Waals surface area contributed by atoms with Gasteiger partial charge in [-0.25, -0.2) is 27.9 Å². The number of sulfonamides is 1. The van der Waals surface area contributed by atoms with Gasteiger partial charge in [-0.3, -0.25) is 4.79 Å². The van der Waals surface area contributed by atoms with Gasteiger partial charge in [0, 0.05) is 22.8 Å². The molecule has 0 radical (unpaired) electrons. The smallest absolute Gasteiger partial charge is 0.338 e. The van der Waals surface area contributed by atoms with E-state index in [4.69, 9.17) is 10.5 Å². The Bertz CT molecular complexity index is 1220. The van der Waals surface area contributed by atoms with Gasteiger partial charge in [-0.1, -0.05) is 0 Å². The molecule has 0 saturated heterocycles. The summed E-state index contributed by atoms with van der Waals surface area (Å²) >= 11 is 0. The van der Waals surface area contributed by atoms with Crippen LogP contribution in [0.25, 0.3) is 0 Å². The van der Waals surface area contributed by atoms with Crippen LogP contribution < -0.4 is 15.8 Å². The minimum absolute atomic E-state index is 0.0252. The number of nitrogens with two attached hydrogens (primary N) is 1. The molecule has 3 rings (SSSR count). The summed E-state index contributed by atoms with van der Waals surface area (Å²) in [6, 6.07) is 13.3. The van der Waals surface area contributed by atoms with E-state index in [1.807, 2.05) is 0 Å². The first-order valence-electron chi connectivity index (χ1n) is 9.40. The van der Waals surface area contributed by atoms with Gasteiger partial charge in [0.15, 0.2) is 6.61 Å². The molecule has 0 aliphatic heterocycles. The molecule has 4 N–H and O–H groups in total. The van der Waals surface area contributed by atoms with Crippen LogP contribution in [-0.2, 0) is 19.6 Å². The van der Waals surface area contributed by atoms with Crippen molar-refractivity contribution in [2.75, 3.05) is 22.4 Å². The van der Waals surface area contributed by atoms with Gasteiger partial charge < -0.3 is 15.8 Å². The maximum absolute atomic E-state index is 12.5. The normalized spacial score (nSPS) is 10.9. The van der Waals surface area contributed by atoms with E-state index in [-0.39, 0.29) is 16.4 Å². The van der Waals surface area contributed by atoms with Crippen molar-refractivity contribution in [3.8, 4) is 0 Å². The Kier molecular flexibility index (Phi) is 6.69. The van der Waals surface area contributed by atoms with Gasteiger partial charge in [-0.2, -0.15) is 0 Å². The molecule has 0 spiro atoms. The molecule has 0 fully saturated rings. The Morgan fingerprint density at radius 2 is 1.56 bits per heavy atom. The standard InChI is InChI=1S/C21H21N5O5S/c1-13-11-14(2)24-21(23-13)26-32(29,30)18-9-7-17(8-10-18)25-19(27)12-31-20(28)15-3-5-16(22)6-4-15/h3-11H,12,22H2,1-2H3,(H,25,27)(H,23,24,26). The summed E-state index contributed by atoms with van der Waals surface area (Å²) in [4.78, 5) is 32.0. The summed E-state index contributed by atoms with van der Waals surface area (Å²) in [5, 5.41) is 2.53. The highest BCUT2D eigenvalue weighted by molar-refractivity contribution is 7.92. The van der Waals surface area contributed by atoms with Gasteiger partial charge in [-0.05, 0) is 68.4 Å². The van der Waals surface area contributed by atoms with E-state index in [0.29, 0.717) is 22.8 Å². The molecule has 0 saturated carbocycles. The number of anilines is 3. The first-order chi connectivity index (χ1) is 15.1. The molecule has 0 unspecified atom stereocenters. The predicted octanol–water partition coefficient (Wildman–Crippen LogP) is 2.27. The monoisotopic (exact) mass is 455 g/mol. The number of nitrogen functional groups attached to an aromatic ring is 1. The summed E-state index contributed by atoms with van der Waals surface area (Å²) in [7, 11) is -3.91. The van der Waals surface area contributed by atoms with E-state index in [1.165, 1.54) is 36.4 Å². The zero-order valence-electron chi connectivity index (χ0n) is 17.3. The molecule has 0 bridgehead atoms. The lowest BCUT2D eigenvalue weighted by Crippen LogP contribution is -2.21. The van der Waals surface area contributed by atoms with E-state index < -0.39 is 28.5 Å². The molecular formula is C21H21N5O5S. The van der Waals surface area contributed by atoms with Crippen molar-refractivity contribution in [1.82, 2.24) is 9.97 Å². The molecule has 11 heteroatoms. The zero-order valence-corrected chi connectivity index (χ0v) is 18.1. The van der Waals surface area contributed by atoms with Crippen LogP contribution in [0.4, 0.5) is 17.3 Å². The lowest BCUT2D eigenvalue weighted by Gasteiger charge is -2.10. The van der Waals surface area contributed by atoms with Gasteiger partial charge in [-0.15, -0.1) is 0 Å². The van der Waals surface area contributed by atoms with Crippen LogP contribution in [-0.4, -0.2) is 36.9 Å². The van der Waals surface area contributed by atoms with Crippen molar-refractivity contribution in [1.29, 1.82) is 0 Å². The lowest BCUT2D eigenvalue weighted by molar-refractivity contribution is -0.119. The second-order valence-corrected chi connectivity index (χ2v) is 8.53. The Labute approximate surface area is 184 Å². The number of nitrogens with zero attached hydrogens (tertiary/aromatic N) is 2. The van der Waals surface area contributed by atoms with Crippen LogP contribution in [0.1, 0.15) is 21.7 Å². The molecule has 0 aliphatic carbocycles. The second kappa shape index (κ2) is 9.43. The van der Waals surface area contributed by atoms with E-state index in [0.717, 1.165) is 0 Å². The van der Waals surface area contributed by atoms with Crippen molar-refractivity contribution >= 4 is 39.2 Å². The number of amides is 1. The van der Waals surface area contributed by atoms with E-state index in [9.17, 15) is 18.0 Å². The fourth-order valence-electron chi connectivity index (χ4n) is 2.70. The van der Waals surface area contributed by atoms with E-state index >= 15 is 0 Å². The number of carbonyl (C=O) groups is 2. The van der Waals surface area contributed by atoms with Gasteiger partial charge in [0.05, 0.1) is 10.5 Å².